The Hall–Kier alpha value is -0.630. The summed E-state index contributed by atoms with van der Waals surface area (Å²) in [5, 5.41) is 9.71. The zero-order chi connectivity index (χ0) is 15.1. The molecule has 20 heavy (non-hydrogen) atoms. The summed E-state index contributed by atoms with van der Waals surface area (Å²) >= 11 is 9.02. The summed E-state index contributed by atoms with van der Waals surface area (Å²) in [6.07, 6.45) is 0.827. The van der Waals surface area contributed by atoms with Crippen LogP contribution in [0, 0.1) is 0 Å². The standard InChI is InChI=1S/C12H13BrClNO4S/c1-12(11(16)17)5-2-6-15(12)20(18,19)8-3-4-10(14)9(13)7-8/h3-4,7H,2,5-6H2,1H3,(H,16,17). The first kappa shape index (κ1) is 15.8. The van der Waals surface area contributed by atoms with Gasteiger partial charge in [0.15, 0.2) is 0 Å². The Morgan fingerprint density at radius 1 is 1.50 bits per heavy atom. The lowest BCUT2D eigenvalue weighted by Crippen LogP contribution is -2.50. The SMILES string of the molecule is CC1(C(=O)O)CCCN1S(=O)(=O)c1ccc(Cl)c(Br)c1. The molecule has 8 heteroatoms. The topological polar surface area (TPSA) is 74.7 Å². The minimum Gasteiger partial charge on any atom is -0.480 e. The fraction of sp³-hybridized carbons (Fsp3) is 0.417. The highest BCUT2D eigenvalue weighted by molar-refractivity contribution is 9.10. The molecule has 1 unspecified atom stereocenters. The normalized spacial score (nSPS) is 23.9. The molecule has 5 nitrogen and oxygen atoms in total. The molecule has 0 aliphatic carbocycles. The van der Waals surface area contributed by atoms with E-state index in [1.165, 1.54) is 25.1 Å². The van der Waals surface area contributed by atoms with Gasteiger partial charge < -0.3 is 5.11 Å². The average Bonchev–Trinajstić information content (AvgIpc) is 2.77. The van der Waals surface area contributed by atoms with Crippen molar-refractivity contribution in [2.24, 2.45) is 0 Å². The van der Waals surface area contributed by atoms with Crippen LogP contribution < -0.4 is 0 Å². The van der Waals surface area contributed by atoms with Crippen LogP contribution in [0.25, 0.3) is 0 Å². The third-order valence-electron chi connectivity index (χ3n) is 3.52. The van der Waals surface area contributed by atoms with Crippen molar-refractivity contribution in [3.63, 3.8) is 0 Å². The van der Waals surface area contributed by atoms with E-state index in [0.717, 1.165) is 4.31 Å². The van der Waals surface area contributed by atoms with Crippen LogP contribution in [-0.4, -0.2) is 35.9 Å². The minimum atomic E-state index is -3.87. The summed E-state index contributed by atoms with van der Waals surface area (Å²) in [5.41, 5.74) is -1.40. The first-order chi connectivity index (χ1) is 9.19. The molecule has 1 aliphatic rings. The molecule has 0 spiro atoms. The van der Waals surface area contributed by atoms with Crippen molar-refractivity contribution >= 4 is 43.5 Å². The quantitative estimate of drug-likeness (QED) is 0.872. The summed E-state index contributed by atoms with van der Waals surface area (Å²) in [6.45, 7) is 1.64. The number of carboxylic acid groups (broad SMARTS) is 1. The van der Waals surface area contributed by atoms with Crippen molar-refractivity contribution in [1.82, 2.24) is 4.31 Å². The Morgan fingerprint density at radius 3 is 2.70 bits per heavy atom. The highest BCUT2D eigenvalue weighted by Gasteiger charge is 2.49. The van der Waals surface area contributed by atoms with Gasteiger partial charge in [-0.3, -0.25) is 4.79 Å². The lowest BCUT2D eigenvalue weighted by atomic mass is 10.0. The van der Waals surface area contributed by atoms with Crippen molar-refractivity contribution in [2.45, 2.75) is 30.2 Å². The third-order valence-corrected chi connectivity index (χ3v) is 6.74. The second-order valence-corrected chi connectivity index (χ2v) is 7.96. The number of sulfonamides is 1. The number of carboxylic acids is 1. The van der Waals surface area contributed by atoms with E-state index in [-0.39, 0.29) is 11.4 Å². The molecular weight excluding hydrogens is 370 g/mol. The maximum Gasteiger partial charge on any atom is 0.324 e. The maximum absolute atomic E-state index is 12.6. The van der Waals surface area contributed by atoms with Gasteiger partial charge in [-0.15, -0.1) is 0 Å². The van der Waals surface area contributed by atoms with E-state index >= 15 is 0 Å². The first-order valence-electron chi connectivity index (χ1n) is 5.91. The summed E-state index contributed by atoms with van der Waals surface area (Å²) in [4.78, 5) is 11.4. The molecule has 1 aromatic rings. The number of benzene rings is 1. The van der Waals surface area contributed by atoms with Gasteiger partial charge in [-0.1, -0.05) is 11.6 Å². The van der Waals surface area contributed by atoms with E-state index < -0.39 is 21.5 Å². The van der Waals surface area contributed by atoms with Crippen LogP contribution in [0.5, 0.6) is 0 Å². The minimum absolute atomic E-state index is 0.0307. The smallest absolute Gasteiger partial charge is 0.324 e. The number of hydrogen-bond acceptors (Lipinski definition) is 3. The van der Waals surface area contributed by atoms with Crippen molar-refractivity contribution in [3.8, 4) is 0 Å². The molecular formula is C12H13BrClNO4S. The van der Waals surface area contributed by atoms with Gasteiger partial charge in [0.25, 0.3) is 0 Å². The number of carbonyl (C=O) groups is 1. The van der Waals surface area contributed by atoms with E-state index in [0.29, 0.717) is 22.3 Å². The van der Waals surface area contributed by atoms with E-state index in [4.69, 9.17) is 11.6 Å². The highest BCUT2D eigenvalue weighted by atomic mass is 79.9. The number of nitrogens with zero attached hydrogens (tertiary/aromatic N) is 1. The Bertz CT molecular complexity index is 663. The monoisotopic (exact) mass is 381 g/mol. The second kappa shape index (κ2) is 5.29. The van der Waals surface area contributed by atoms with Crippen LogP contribution >= 0.6 is 27.5 Å². The maximum atomic E-state index is 12.6. The number of rotatable bonds is 3. The van der Waals surface area contributed by atoms with Crippen LogP contribution in [0.4, 0.5) is 0 Å². The first-order valence-corrected chi connectivity index (χ1v) is 8.52. The molecule has 1 atom stereocenters. The van der Waals surface area contributed by atoms with E-state index in [1.54, 1.807) is 0 Å². The molecule has 1 heterocycles. The molecule has 0 saturated carbocycles. The largest absolute Gasteiger partial charge is 0.480 e. The van der Waals surface area contributed by atoms with Gasteiger partial charge in [-0.05, 0) is 53.9 Å². The molecule has 2 rings (SSSR count). The van der Waals surface area contributed by atoms with Crippen LogP contribution in [0.3, 0.4) is 0 Å². The molecule has 0 aromatic heterocycles. The summed E-state index contributed by atoms with van der Waals surface area (Å²) in [6, 6.07) is 4.23. The summed E-state index contributed by atoms with van der Waals surface area (Å²) in [7, 11) is -3.87. The molecule has 1 N–H and O–H groups in total. The third kappa shape index (κ3) is 2.47. The molecule has 1 fully saturated rings. The Labute approximate surface area is 130 Å². The van der Waals surface area contributed by atoms with Crippen LogP contribution in [0.1, 0.15) is 19.8 Å². The molecule has 1 aliphatic heterocycles. The number of aliphatic carboxylic acids is 1. The Kier molecular flexibility index (Phi) is 4.17. The van der Waals surface area contributed by atoms with E-state index in [9.17, 15) is 18.3 Å². The van der Waals surface area contributed by atoms with Crippen molar-refractivity contribution < 1.29 is 18.3 Å². The predicted octanol–water partition coefficient (Wildman–Crippen LogP) is 2.73. The van der Waals surface area contributed by atoms with Gasteiger partial charge in [0, 0.05) is 11.0 Å². The van der Waals surface area contributed by atoms with Crippen LogP contribution in [0.15, 0.2) is 27.6 Å². The summed E-state index contributed by atoms with van der Waals surface area (Å²) < 4.78 is 26.7. The van der Waals surface area contributed by atoms with Gasteiger partial charge in [0.2, 0.25) is 10.0 Å². The molecule has 1 saturated heterocycles. The number of hydrogen-bond donors (Lipinski definition) is 1. The lowest BCUT2D eigenvalue weighted by molar-refractivity contribution is -0.146. The fourth-order valence-electron chi connectivity index (χ4n) is 2.30. The Balaban J connectivity index is 2.49. The van der Waals surface area contributed by atoms with Gasteiger partial charge in [-0.2, -0.15) is 4.31 Å². The molecule has 110 valence electrons. The number of halogens is 2. The van der Waals surface area contributed by atoms with Gasteiger partial charge in [0.05, 0.1) is 9.92 Å². The zero-order valence-corrected chi connectivity index (χ0v) is 13.8. The van der Waals surface area contributed by atoms with Gasteiger partial charge in [-0.25, -0.2) is 8.42 Å². The van der Waals surface area contributed by atoms with Crippen molar-refractivity contribution in [3.05, 3.63) is 27.7 Å². The van der Waals surface area contributed by atoms with Crippen LogP contribution in [0.2, 0.25) is 5.02 Å². The summed E-state index contributed by atoms with van der Waals surface area (Å²) in [5.74, 6) is -1.13. The average molecular weight is 383 g/mol. The lowest BCUT2D eigenvalue weighted by Gasteiger charge is -2.30. The molecule has 0 amide bonds. The van der Waals surface area contributed by atoms with Gasteiger partial charge >= 0.3 is 5.97 Å². The molecule has 1 aromatic carbocycles. The van der Waals surface area contributed by atoms with Crippen molar-refractivity contribution in [2.75, 3.05) is 6.54 Å². The molecule has 0 radical (unpaired) electrons. The van der Waals surface area contributed by atoms with Gasteiger partial charge in [0.1, 0.15) is 5.54 Å². The van der Waals surface area contributed by atoms with E-state index in [1.807, 2.05) is 0 Å². The van der Waals surface area contributed by atoms with Crippen molar-refractivity contribution in [1.29, 1.82) is 0 Å². The highest BCUT2D eigenvalue weighted by Crippen LogP contribution is 2.36. The van der Waals surface area contributed by atoms with Crippen LogP contribution in [-0.2, 0) is 14.8 Å². The molecule has 0 bridgehead atoms. The second-order valence-electron chi connectivity index (χ2n) is 4.84. The van der Waals surface area contributed by atoms with E-state index in [2.05, 4.69) is 15.9 Å². The predicted molar refractivity (Wildman–Crippen MR) is 78.3 cm³/mol. The fourth-order valence-corrected chi connectivity index (χ4v) is 4.78. The Morgan fingerprint density at radius 2 is 2.15 bits per heavy atom. The zero-order valence-electron chi connectivity index (χ0n) is 10.6.